The first-order chi connectivity index (χ1) is 12.5. The van der Waals surface area contributed by atoms with Crippen LogP contribution >= 0.6 is 0 Å². The molecule has 2 N–H and O–H groups in total. The van der Waals surface area contributed by atoms with Gasteiger partial charge in [0.05, 0.1) is 13.1 Å². The van der Waals surface area contributed by atoms with Crippen LogP contribution in [-0.2, 0) is 22.7 Å². The van der Waals surface area contributed by atoms with Gasteiger partial charge in [0.1, 0.15) is 0 Å². The maximum absolute atomic E-state index is 11.0. The molecule has 138 valence electrons. The Hall–Kier alpha value is -2.70. The predicted molar refractivity (Wildman–Crippen MR) is 98.7 cm³/mol. The lowest BCUT2D eigenvalue weighted by Gasteiger charge is -2.26. The van der Waals surface area contributed by atoms with Crippen molar-refractivity contribution >= 4 is 11.9 Å². The molecule has 2 rings (SSSR count). The first kappa shape index (κ1) is 19.6. The Balaban J connectivity index is 2.03. The minimum absolute atomic E-state index is 0.281. The van der Waals surface area contributed by atoms with Crippen LogP contribution in [-0.4, -0.2) is 58.1 Å². The number of benzene rings is 2. The molecule has 0 radical (unpaired) electrons. The van der Waals surface area contributed by atoms with Crippen molar-refractivity contribution in [2.45, 2.75) is 13.1 Å². The molecule has 0 amide bonds. The van der Waals surface area contributed by atoms with Gasteiger partial charge >= 0.3 is 11.9 Å². The number of nitrogens with zero attached hydrogens (tertiary/aromatic N) is 2. The molecule has 0 aromatic heterocycles. The molecule has 6 nitrogen and oxygen atoms in total. The first-order valence-electron chi connectivity index (χ1n) is 8.49. The maximum atomic E-state index is 11.0. The highest BCUT2D eigenvalue weighted by Gasteiger charge is 2.15. The number of carboxylic acid groups (broad SMARTS) is 2. The van der Waals surface area contributed by atoms with Gasteiger partial charge in [-0.05, 0) is 11.1 Å². The average molecular weight is 356 g/mol. The maximum Gasteiger partial charge on any atom is 0.317 e. The summed E-state index contributed by atoms with van der Waals surface area (Å²) >= 11 is 0. The van der Waals surface area contributed by atoms with Crippen molar-refractivity contribution < 1.29 is 19.8 Å². The Kier molecular flexibility index (Phi) is 7.79. The summed E-state index contributed by atoms with van der Waals surface area (Å²) in [6, 6.07) is 20.0. The van der Waals surface area contributed by atoms with Crippen molar-refractivity contribution in [3.05, 3.63) is 71.8 Å². The second-order valence-corrected chi connectivity index (χ2v) is 6.18. The molecular weight excluding hydrogens is 332 g/mol. The molecule has 0 bridgehead atoms. The molecule has 6 heteroatoms. The van der Waals surface area contributed by atoms with Gasteiger partial charge < -0.3 is 10.2 Å². The van der Waals surface area contributed by atoms with Crippen molar-refractivity contribution in [1.29, 1.82) is 0 Å². The second kappa shape index (κ2) is 10.3. The van der Waals surface area contributed by atoms with Crippen LogP contribution in [0.25, 0.3) is 0 Å². The lowest BCUT2D eigenvalue weighted by atomic mass is 10.1. The van der Waals surface area contributed by atoms with Crippen LogP contribution in [0, 0.1) is 0 Å². The summed E-state index contributed by atoms with van der Waals surface area (Å²) in [5.74, 6) is -2.05. The number of aliphatic carboxylic acids is 2. The number of carboxylic acids is 2. The normalized spacial score (nSPS) is 11.0. The SMILES string of the molecule is O=C(O)CN(CCN(Cc1ccccc1)Cc1ccccc1)CC(=O)O. The van der Waals surface area contributed by atoms with Gasteiger partial charge in [0.2, 0.25) is 0 Å². The summed E-state index contributed by atoms with van der Waals surface area (Å²) in [6.07, 6.45) is 0. The summed E-state index contributed by atoms with van der Waals surface area (Å²) < 4.78 is 0. The highest BCUT2D eigenvalue weighted by atomic mass is 16.4. The molecule has 0 spiro atoms. The molecule has 2 aromatic rings. The lowest BCUT2D eigenvalue weighted by molar-refractivity contribution is -0.141. The van der Waals surface area contributed by atoms with E-state index in [0.29, 0.717) is 26.2 Å². The molecular formula is C20H24N2O4. The molecule has 0 aliphatic heterocycles. The topological polar surface area (TPSA) is 81.1 Å². The summed E-state index contributed by atoms with van der Waals surface area (Å²) in [5, 5.41) is 18.0. The largest absolute Gasteiger partial charge is 0.480 e. The van der Waals surface area contributed by atoms with Gasteiger partial charge in [0, 0.05) is 26.2 Å². The monoisotopic (exact) mass is 356 g/mol. The summed E-state index contributed by atoms with van der Waals surface area (Å²) in [4.78, 5) is 25.6. The quantitative estimate of drug-likeness (QED) is 0.642. The van der Waals surface area contributed by atoms with Crippen LogP contribution in [0.3, 0.4) is 0 Å². The third-order valence-corrected chi connectivity index (χ3v) is 3.95. The number of hydrogen-bond donors (Lipinski definition) is 2. The molecule has 0 aliphatic rings. The fourth-order valence-corrected chi connectivity index (χ4v) is 2.78. The van der Waals surface area contributed by atoms with E-state index in [1.54, 1.807) is 0 Å². The van der Waals surface area contributed by atoms with E-state index in [-0.39, 0.29) is 13.1 Å². The van der Waals surface area contributed by atoms with E-state index >= 15 is 0 Å². The average Bonchev–Trinajstić information content (AvgIpc) is 2.60. The molecule has 0 atom stereocenters. The fourth-order valence-electron chi connectivity index (χ4n) is 2.78. The molecule has 26 heavy (non-hydrogen) atoms. The van der Waals surface area contributed by atoms with E-state index in [1.807, 2.05) is 60.7 Å². The third kappa shape index (κ3) is 7.46. The van der Waals surface area contributed by atoms with Crippen LogP contribution in [0.4, 0.5) is 0 Å². The van der Waals surface area contributed by atoms with Crippen molar-refractivity contribution in [2.75, 3.05) is 26.2 Å². The molecule has 0 fully saturated rings. The van der Waals surface area contributed by atoms with Crippen molar-refractivity contribution in [3.63, 3.8) is 0 Å². The van der Waals surface area contributed by atoms with Crippen LogP contribution < -0.4 is 0 Å². The van der Waals surface area contributed by atoms with Gasteiger partial charge in [0.25, 0.3) is 0 Å². The standard InChI is InChI=1S/C20H24N2O4/c23-19(24)15-22(16-20(25)26)12-11-21(13-17-7-3-1-4-8-17)14-18-9-5-2-6-10-18/h1-10H,11-16H2,(H,23,24)(H,25,26). The Morgan fingerprint density at radius 3 is 1.42 bits per heavy atom. The summed E-state index contributed by atoms with van der Waals surface area (Å²) in [7, 11) is 0. The van der Waals surface area contributed by atoms with Gasteiger partial charge in [0.15, 0.2) is 0 Å². The Morgan fingerprint density at radius 2 is 1.04 bits per heavy atom. The van der Waals surface area contributed by atoms with E-state index in [0.717, 1.165) is 11.1 Å². The zero-order valence-corrected chi connectivity index (χ0v) is 14.6. The van der Waals surface area contributed by atoms with Crippen molar-refractivity contribution in [3.8, 4) is 0 Å². The van der Waals surface area contributed by atoms with E-state index in [2.05, 4.69) is 4.90 Å². The van der Waals surface area contributed by atoms with Crippen LogP contribution in [0.15, 0.2) is 60.7 Å². The van der Waals surface area contributed by atoms with E-state index in [4.69, 9.17) is 10.2 Å². The number of rotatable bonds is 11. The van der Waals surface area contributed by atoms with Gasteiger partial charge in [-0.1, -0.05) is 60.7 Å². The molecule has 0 heterocycles. The molecule has 0 saturated heterocycles. The minimum Gasteiger partial charge on any atom is -0.480 e. The minimum atomic E-state index is -1.02. The smallest absolute Gasteiger partial charge is 0.317 e. The molecule has 0 saturated carbocycles. The lowest BCUT2D eigenvalue weighted by Crippen LogP contribution is -2.40. The third-order valence-electron chi connectivity index (χ3n) is 3.95. The van der Waals surface area contributed by atoms with Crippen LogP contribution in [0.1, 0.15) is 11.1 Å². The molecule has 2 aromatic carbocycles. The van der Waals surface area contributed by atoms with E-state index in [1.165, 1.54) is 4.90 Å². The van der Waals surface area contributed by atoms with Crippen molar-refractivity contribution in [2.24, 2.45) is 0 Å². The highest BCUT2D eigenvalue weighted by Crippen LogP contribution is 2.10. The summed E-state index contributed by atoms with van der Waals surface area (Å²) in [6.45, 7) is 1.81. The Labute approximate surface area is 153 Å². The van der Waals surface area contributed by atoms with Gasteiger partial charge in [-0.2, -0.15) is 0 Å². The molecule has 0 unspecified atom stereocenters. The zero-order chi connectivity index (χ0) is 18.8. The van der Waals surface area contributed by atoms with Gasteiger partial charge in [-0.25, -0.2) is 0 Å². The summed E-state index contributed by atoms with van der Waals surface area (Å²) in [5.41, 5.74) is 2.32. The van der Waals surface area contributed by atoms with Crippen LogP contribution in [0.5, 0.6) is 0 Å². The number of hydrogen-bond acceptors (Lipinski definition) is 4. The Bertz CT molecular complexity index is 634. The Morgan fingerprint density at radius 1 is 0.654 bits per heavy atom. The highest BCUT2D eigenvalue weighted by molar-refractivity contribution is 5.72. The van der Waals surface area contributed by atoms with Gasteiger partial charge in [-0.3, -0.25) is 19.4 Å². The zero-order valence-electron chi connectivity index (χ0n) is 14.6. The fraction of sp³-hybridized carbons (Fsp3) is 0.300. The molecule has 0 aliphatic carbocycles. The van der Waals surface area contributed by atoms with E-state index < -0.39 is 11.9 Å². The van der Waals surface area contributed by atoms with E-state index in [9.17, 15) is 9.59 Å². The first-order valence-corrected chi connectivity index (χ1v) is 8.49. The predicted octanol–water partition coefficient (Wildman–Crippen LogP) is 2.16. The van der Waals surface area contributed by atoms with Gasteiger partial charge in [-0.15, -0.1) is 0 Å². The number of carbonyl (C=O) groups is 2. The second-order valence-electron chi connectivity index (χ2n) is 6.18. The van der Waals surface area contributed by atoms with Crippen LogP contribution in [0.2, 0.25) is 0 Å². The van der Waals surface area contributed by atoms with Crippen molar-refractivity contribution in [1.82, 2.24) is 9.80 Å².